The Kier molecular flexibility index (Phi) is 4.21. The van der Waals surface area contributed by atoms with E-state index < -0.39 is 0 Å². The fraction of sp³-hybridized carbons (Fsp3) is 0.692. The fourth-order valence-electron chi connectivity index (χ4n) is 2.44. The molecular weight excluding hydrogens is 244 g/mol. The molecule has 3 unspecified atom stereocenters. The van der Waals surface area contributed by atoms with Crippen LogP contribution >= 0.6 is 0 Å². The number of likely N-dealkylation sites (N-methyl/N-ethyl adjacent to an activating group) is 1. The second-order valence-electron chi connectivity index (χ2n) is 5.08. The lowest BCUT2D eigenvalue weighted by molar-refractivity contribution is -0.126. The molecule has 0 saturated carbocycles. The highest BCUT2D eigenvalue weighted by molar-refractivity contribution is 5.80. The number of carbonyl (C=O) groups is 1. The number of aromatic nitrogens is 2. The van der Waals surface area contributed by atoms with Crippen molar-refractivity contribution in [3.63, 3.8) is 0 Å². The van der Waals surface area contributed by atoms with Gasteiger partial charge in [-0.1, -0.05) is 0 Å². The van der Waals surface area contributed by atoms with Gasteiger partial charge in [-0.05, 0) is 20.9 Å². The Labute approximate surface area is 113 Å². The van der Waals surface area contributed by atoms with Crippen molar-refractivity contribution in [3.8, 4) is 0 Å². The molecule has 1 aliphatic rings. The molecule has 0 aromatic carbocycles. The Balaban J connectivity index is 2.01. The van der Waals surface area contributed by atoms with Gasteiger partial charge in [-0.2, -0.15) is 5.10 Å². The quantitative estimate of drug-likeness (QED) is 0.813. The second-order valence-corrected chi connectivity index (χ2v) is 5.08. The van der Waals surface area contributed by atoms with Crippen LogP contribution in [0.15, 0.2) is 6.20 Å². The summed E-state index contributed by atoms with van der Waals surface area (Å²) >= 11 is 0. The van der Waals surface area contributed by atoms with E-state index in [1.807, 2.05) is 32.6 Å². The van der Waals surface area contributed by atoms with Gasteiger partial charge in [0.15, 0.2) is 0 Å². The molecule has 1 aromatic heterocycles. The third kappa shape index (κ3) is 2.79. The molecule has 1 amide bonds. The van der Waals surface area contributed by atoms with Crippen molar-refractivity contribution >= 4 is 5.91 Å². The Morgan fingerprint density at radius 1 is 1.58 bits per heavy atom. The summed E-state index contributed by atoms with van der Waals surface area (Å²) in [5, 5.41) is 10.4. The van der Waals surface area contributed by atoms with Crippen LogP contribution in [0.1, 0.15) is 24.2 Å². The van der Waals surface area contributed by atoms with E-state index in [1.54, 1.807) is 6.20 Å². The minimum atomic E-state index is -0.121. The molecule has 3 atom stereocenters. The van der Waals surface area contributed by atoms with Gasteiger partial charge in [0.2, 0.25) is 5.91 Å². The molecule has 106 valence electrons. The van der Waals surface area contributed by atoms with Crippen LogP contribution in [0.4, 0.5) is 0 Å². The average Bonchev–Trinajstić information content (AvgIpc) is 2.97. The second kappa shape index (κ2) is 5.71. The molecule has 2 rings (SSSR count). The van der Waals surface area contributed by atoms with Crippen LogP contribution in [0.5, 0.6) is 0 Å². The Hall–Kier alpha value is -1.40. The van der Waals surface area contributed by atoms with Crippen molar-refractivity contribution in [3.05, 3.63) is 17.5 Å². The molecule has 1 aromatic rings. The Morgan fingerprint density at radius 2 is 2.32 bits per heavy atom. The molecule has 6 heteroatoms. The van der Waals surface area contributed by atoms with Crippen molar-refractivity contribution in [1.29, 1.82) is 0 Å². The van der Waals surface area contributed by atoms with Crippen molar-refractivity contribution in [2.75, 3.05) is 20.3 Å². The van der Waals surface area contributed by atoms with Crippen LogP contribution in [0, 0.1) is 12.8 Å². The van der Waals surface area contributed by atoms with Crippen LogP contribution in [0.2, 0.25) is 0 Å². The molecule has 2 heterocycles. The number of ether oxygens (including phenoxy) is 1. The zero-order valence-corrected chi connectivity index (χ0v) is 11.9. The summed E-state index contributed by atoms with van der Waals surface area (Å²) in [6.07, 6.45) is 1.81. The first kappa shape index (κ1) is 14.0. The van der Waals surface area contributed by atoms with Crippen LogP contribution in [0.25, 0.3) is 0 Å². The molecule has 1 fully saturated rings. The van der Waals surface area contributed by atoms with Crippen molar-refractivity contribution in [2.24, 2.45) is 13.0 Å². The number of hydrogen-bond donors (Lipinski definition) is 2. The number of aryl methyl sites for hydroxylation is 1. The zero-order chi connectivity index (χ0) is 14.0. The van der Waals surface area contributed by atoms with E-state index in [-0.39, 0.29) is 23.9 Å². The van der Waals surface area contributed by atoms with E-state index in [0.717, 1.165) is 11.3 Å². The lowest BCUT2D eigenvalue weighted by atomic mass is 10.0. The summed E-state index contributed by atoms with van der Waals surface area (Å²) in [7, 11) is 3.75. The number of hydrogen-bond acceptors (Lipinski definition) is 4. The predicted octanol–water partition coefficient (Wildman–Crippen LogP) is 0.140. The first-order valence-corrected chi connectivity index (χ1v) is 6.58. The van der Waals surface area contributed by atoms with Gasteiger partial charge >= 0.3 is 0 Å². The van der Waals surface area contributed by atoms with E-state index in [9.17, 15) is 4.79 Å². The Morgan fingerprint density at radius 3 is 2.89 bits per heavy atom. The summed E-state index contributed by atoms with van der Waals surface area (Å²) in [6, 6.07) is 0.0569. The highest BCUT2D eigenvalue weighted by atomic mass is 16.5. The van der Waals surface area contributed by atoms with Gasteiger partial charge in [-0.15, -0.1) is 0 Å². The van der Waals surface area contributed by atoms with Gasteiger partial charge in [0.1, 0.15) is 0 Å². The first-order valence-electron chi connectivity index (χ1n) is 6.58. The SMILES string of the molecule is CNC1COCC1C(=O)NC(C)c1cnn(C)c1C. The molecule has 2 N–H and O–H groups in total. The molecule has 19 heavy (non-hydrogen) atoms. The average molecular weight is 266 g/mol. The lowest BCUT2D eigenvalue weighted by Crippen LogP contribution is -2.43. The molecular formula is C13H22N4O2. The van der Waals surface area contributed by atoms with Gasteiger partial charge < -0.3 is 15.4 Å². The lowest BCUT2D eigenvalue weighted by Gasteiger charge is -2.20. The van der Waals surface area contributed by atoms with E-state index in [0.29, 0.717) is 13.2 Å². The number of rotatable bonds is 4. The van der Waals surface area contributed by atoms with Crippen LogP contribution in [-0.2, 0) is 16.6 Å². The van der Waals surface area contributed by atoms with Crippen molar-refractivity contribution in [2.45, 2.75) is 25.9 Å². The molecule has 1 aliphatic heterocycles. The minimum Gasteiger partial charge on any atom is -0.379 e. The number of amides is 1. The standard InChI is InChI=1S/C13H22N4O2/c1-8(10-5-15-17(4)9(10)2)16-13(18)11-6-19-7-12(11)14-3/h5,8,11-12,14H,6-7H2,1-4H3,(H,16,18). The maximum Gasteiger partial charge on any atom is 0.227 e. The third-order valence-electron chi connectivity index (χ3n) is 3.89. The molecule has 0 bridgehead atoms. The van der Waals surface area contributed by atoms with Crippen LogP contribution in [-0.4, -0.2) is 42.0 Å². The number of nitrogens with one attached hydrogen (secondary N) is 2. The van der Waals surface area contributed by atoms with Gasteiger partial charge in [0, 0.05) is 24.3 Å². The Bertz CT molecular complexity index is 457. The van der Waals surface area contributed by atoms with Crippen molar-refractivity contribution in [1.82, 2.24) is 20.4 Å². The summed E-state index contributed by atoms with van der Waals surface area (Å²) in [4.78, 5) is 12.3. The maximum atomic E-state index is 12.3. The molecule has 1 saturated heterocycles. The van der Waals surface area contributed by atoms with E-state index in [1.165, 1.54) is 0 Å². The van der Waals surface area contributed by atoms with E-state index in [4.69, 9.17) is 4.74 Å². The molecule has 0 radical (unpaired) electrons. The zero-order valence-electron chi connectivity index (χ0n) is 11.9. The van der Waals surface area contributed by atoms with Crippen LogP contribution in [0.3, 0.4) is 0 Å². The molecule has 0 aliphatic carbocycles. The summed E-state index contributed by atoms with van der Waals surface area (Å²) in [5.74, 6) is -0.0861. The number of nitrogens with zero attached hydrogens (tertiary/aromatic N) is 2. The van der Waals surface area contributed by atoms with Crippen molar-refractivity contribution < 1.29 is 9.53 Å². The predicted molar refractivity (Wildman–Crippen MR) is 71.7 cm³/mol. The van der Waals surface area contributed by atoms with E-state index in [2.05, 4.69) is 15.7 Å². The largest absolute Gasteiger partial charge is 0.379 e. The summed E-state index contributed by atoms with van der Waals surface area (Å²) in [6.45, 7) is 5.05. The molecule has 0 spiro atoms. The van der Waals surface area contributed by atoms with Crippen LogP contribution < -0.4 is 10.6 Å². The normalized spacial score (nSPS) is 24.4. The maximum absolute atomic E-state index is 12.3. The monoisotopic (exact) mass is 266 g/mol. The van der Waals surface area contributed by atoms with Gasteiger partial charge in [-0.3, -0.25) is 9.48 Å². The smallest absolute Gasteiger partial charge is 0.227 e. The first-order chi connectivity index (χ1) is 9.04. The fourth-order valence-corrected chi connectivity index (χ4v) is 2.44. The molecule has 6 nitrogen and oxygen atoms in total. The minimum absolute atomic E-state index is 0.0348. The summed E-state index contributed by atoms with van der Waals surface area (Å²) < 4.78 is 7.17. The highest BCUT2D eigenvalue weighted by Gasteiger charge is 2.33. The third-order valence-corrected chi connectivity index (χ3v) is 3.89. The summed E-state index contributed by atoms with van der Waals surface area (Å²) in [5.41, 5.74) is 2.12. The van der Waals surface area contributed by atoms with Gasteiger partial charge in [-0.25, -0.2) is 0 Å². The number of carbonyl (C=O) groups excluding carboxylic acids is 1. The highest BCUT2D eigenvalue weighted by Crippen LogP contribution is 2.19. The van der Waals surface area contributed by atoms with Gasteiger partial charge in [0.05, 0.1) is 31.4 Å². The van der Waals surface area contributed by atoms with E-state index >= 15 is 0 Å². The van der Waals surface area contributed by atoms with Gasteiger partial charge in [0.25, 0.3) is 0 Å². The topological polar surface area (TPSA) is 68.2 Å².